The van der Waals surface area contributed by atoms with E-state index < -0.39 is 11.9 Å². The maximum Gasteiger partial charge on any atom is 0.319 e. The van der Waals surface area contributed by atoms with E-state index in [9.17, 15) is 14.4 Å². The van der Waals surface area contributed by atoms with Crippen molar-refractivity contribution in [3.63, 3.8) is 0 Å². The third-order valence-corrected chi connectivity index (χ3v) is 5.97. The van der Waals surface area contributed by atoms with Crippen LogP contribution in [-0.4, -0.2) is 47.6 Å². The monoisotopic (exact) mass is 472 g/mol. The Morgan fingerprint density at radius 3 is 2.61 bits per heavy atom. The number of halogens is 2. The quantitative estimate of drug-likeness (QED) is 0.304. The van der Waals surface area contributed by atoms with E-state index >= 15 is 0 Å². The van der Waals surface area contributed by atoms with E-state index in [1.165, 1.54) is 17.7 Å². The summed E-state index contributed by atoms with van der Waals surface area (Å²) >= 11 is 11.9. The second-order valence-corrected chi connectivity index (χ2v) is 8.90. The van der Waals surface area contributed by atoms with Crippen LogP contribution in [0.15, 0.2) is 18.2 Å². The Labute approximate surface area is 192 Å². The lowest BCUT2D eigenvalue weighted by atomic mass is 10.0. The molecule has 31 heavy (non-hydrogen) atoms. The molecule has 4 N–H and O–H groups in total. The molecule has 0 aliphatic heterocycles. The molecule has 2 rings (SSSR count). The normalized spacial score (nSPS) is 14.7. The van der Waals surface area contributed by atoms with Crippen LogP contribution in [-0.2, 0) is 9.59 Å². The third kappa shape index (κ3) is 8.93. The highest BCUT2D eigenvalue weighted by atomic mass is 35.5. The highest BCUT2D eigenvalue weighted by Crippen LogP contribution is 2.28. The van der Waals surface area contributed by atoms with Gasteiger partial charge in [-0.1, -0.05) is 55.8 Å². The van der Waals surface area contributed by atoms with Gasteiger partial charge in [0.1, 0.15) is 6.54 Å². The Balaban J connectivity index is 1.81. The second-order valence-electron chi connectivity index (χ2n) is 8.06. The minimum Gasteiger partial charge on any atom is -0.338 e. The summed E-state index contributed by atoms with van der Waals surface area (Å²) in [5.41, 5.74) is 1.98. The molecule has 1 aromatic carbocycles. The predicted octanol–water partition coefficient (Wildman–Crippen LogP) is 4.06. The van der Waals surface area contributed by atoms with E-state index in [0.29, 0.717) is 28.2 Å². The number of carbonyl (C=O) groups excluding carboxylic acids is 3. The van der Waals surface area contributed by atoms with Crippen molar-refractivity contribution in [2.45, 2.75) is 45.4 Å². The minimum absolute atomic E-state index is 0.153. The first kappa shape index (κ1) is 25.2. The Kier molecular flexibility index (Phi) is 10.4. The number of urea groups is 1. The largest absolute Gasteiger partial charge is 0.338 e. The van der Waals surface area contributed by atoms with Gasteiger partial charge >= 0.3 is 6.03 Å². The van der Waals surface area contributed by atoms with E-state index in [-0.39, 0.29) is 31.3 Å². The minimum atomic E-state index is -0.622. The van der Waals surface area contributed by atoms with E-state index in [2.05, 4.69) is 10.6 Å². The van der Waals surface area contributed by atoms with Crippen LogP contribution in [0.2, 0.25) is 10.0 Å². The maximum absolute atomic E-state index is 12.7. The molecule has 1 fully saturated rings. The lowest BCUT2D eigenvalue weighted by Gasteiger charge is -2.25. The molecule has 0 bridgehead atoms. The zero-order valence-corrected chi connectivity index (χ0v) is 19.1. The van der Waals surface area contributed by atoms with Crippen LogP contribution in [0.1, 0.15) is 45.4 Å². The van der Waals surface area contributed by atoms with Crippen molar-refractivity contribution in [3.05, 3.63) is 28.2 Å². The van der Waals surface area contributed by atoms with Gasteiger partial charge in [-0.15, -0.1) is 0 Å². The van der Waals surface area contributed by atoms with Gasteiger partial charge in [0.2, 0.25) is 5.91 Å². The molecule has 0 heterocycles. The number of hydrogen-bond donors (Lipinski definition) is 4. The van der Waals surface area contributed by atoms with Crippen LogP contribution < -0.4 is 16.1 Å². The summed E-state index contributed by atoms with van der Waals surface area (Å²) in [6.45, 7) is 2.39. The average Bonchev–Trinajstić information content (AvgIpc) is 3.25. The molecule has 1 saturated carbocycles. The van der Waals surface area contributed by atoms with Crippen LogP contribution in [0.25, 0.3) is 0 Å². The molecule has 4 amide bonds. The average molecular weight is 473 g/mol. The van der Waals surface area contributed by atoms with Gasteiger partial charge in [-0.05, 0) is 36.5 Å². The Morgan fingerprint density at radius 1 is 1.23 bits per heavy atom. The molecule has 10 heteroatoms. The van der Waals surface area contributed by atoms with Crippen molar-refractivity contribution in [1.29, 1.82) is 0 Å². The van der Waals surface area contributed by atoms with Crippen molar-refractivity contribution in [1.82, 2.24) is 15.7 Å². The molecule has 1 aromatic rings. The molecule has 8 nitrogen and oxygen atoms in total. The molecule has 1 atom stereocenters. The van der Waals surface area contributed by atoms with Crippen molar-refractivity contribution in [2.24, 2.45) is 11.8 Å². The van der Waals surface area contributed by atoms with Crippen molar-refractivity contribution in [3.8, 4) is 0 Å². The molecular formula is C21H30Cl2N4O4. The van der Waals surface area contributed by atoms with Gasteiger partial charge in [0.15, 0.2) is 0 Å². The highest BCUT2D eigenvalue weighted by molar-refractivity contribution is 6.35. The summed E-state index contributed by atoms with van der Waals surface area (Å²) in [6.07, 6.45) is 5.74. The Bertz CT molecular complexity index is 772. The zero-order valence-electron chi connectivity index (χ0n) is 17.6. The first-order chi connectivity index (χ1) is 14.8. The summed E-state index contributed by atoms with van der Waals surface area (Å²) < 4.78 is 0. The molecular weight excluding hydrogens is 443 g/mol. The molecule has 1 aliphatic rings. The van der Waals surface area contributed by atoms with Crippen molar-refractivity contribution in [2.75, 3.05) is 25.0 Å². The topological polar surface area (TPSA) is 111 Å². The smallest absolute Gasteiger partial charge is 0.319 e. The Morgan fingerprint density at radius 2 is 1.94 bits per heavy atom. The molecule has 1 aliphatic carbocycles. The fraction of sp³-hybridized carbons (Fsp3) is 0.571. The summed E-state index contributed by atoms with van der Waals surface area (Å²) in [7, 11) is 0. The first-order valence-electron chi connectivity index (χ1n) is 10.5. The number of nitrogens with one attached hydrogen (secondary N) is 3. The molecule has 0 radical (unpaired) electrons. The van der Waals surface area contributed by atoms with Crippen molar-refractivity contribution < 1.29 is 19.6 Å². The summed E-state index contributed by atoms with van der Waals surface area (Å²) in [6, 6.07) is 4.30. The van der Waals surface area contributed by atoms with Crippen LogP contribution in [0, 0.1) is 11.8 Å². The van der Waals surface area contributed by atoms with E-state index in [1.807, 2.05) is 6.92 Å². The summed E-state index contributed by atoms with van der Waals surface area (Å²) in [5, 5.41) is 15.0. The zero-order chi connectivity index (χ0) is 22.8. The van der Waals surface area contributed by atoms with Crippen molar-refractivity contribution >= 4 is 46.7 Å². The highest BCUT2D eigenvalue weighted by Gasteiger charge is 2.22. The standard InChI is InChI=1S/C21H30Cl2N4O4/c1-14(12-24-21(30)25-18-11-16(22)6-7-17(18)23)10-20(29)27(13-19(28)26-31)9-8-15-4-2-3-5-15/h6-7,11,14-15,31H,2-5,8-10,12-13H2,1H3,(H,26,28)(H2,24,25,30)/t14-/m0/s1. The number of carbonyl (C=O) groups is 3. The predicted molar refractivity (Wildman–Crippen MR) is 120 cm³/mol. The van der Waals surface area contributed by atoms with Crippen LogP contribution in [0.5, 0.6) is 0 Å². The number of hydroxylamine groups is 1. The van der Waals surface area contributed by atoms with E-state index in [0.717, 1.165) is 19.3 Å². The first-order valence-corrected chi connectivity index (χ1v) is 11.2. The number of hydrogen-bond acceptors (Lipinski definition) is 4. The molecule has 0 saturated heterocycles. The van der Waals surface area contributed by atoms with E-state index in [1.54, 1.807) is 23.7 Å². The van der Waals surface area contributed by atoms with Gasteiger partial charge in [0.25, 0.3) is 5.91 Å². The third-order valence-electron chi connectivity index (χ3n) is 5.40. The van der Waals surface area contributed by atoms with Gasteiger partial charge in [0, 0.05) is 24.5 Å². The fourth-order valence-corrected chi connectivity index (χ4v) is 4.00. The SMILES string of the molecule is C[C@H](CNC(=O)Nc1cc(Cl)ccc1Cl)CC(=O)N(CCC1CCCC1)CC(=O)NO. The lowest BCUT2D eigenvalue weighted by molar-refractivity contribution is -0.140. The van der Waals surface area contributed by atoms with Gasteiger partial charge in [-0.25, -0.2) is 10.3 Å². The maximum atomic E-state index is 12.7. The van der Waals surface area contributed by atoms with Crippen LogP contribution in [0.4, 0.5) is 10.5 Å². The number of anilines is 1. The van der Waals surface area contributed by atoms with Crippen LogP contribution in [0.3, 0.4) is 0 Å². The van der Waals surface area contributed by atoms with Crippen LogP contribution >= 0.6 is 23.2 Å². The fourth-order valence-electron chi connectivity index (χ4n) is 3.66. The summed E-state index contributed by atoms with van der Waals surface area (Å²) in [4.78, 5) is 38.0. The number of rotatable bonds is 10. The number of amides is 4. The van der Waals surface area contributed by atoms with Gasteiger partial charge in [0.05, 0.1) is 10.7 Å². The number of benzene rings is 1. The lowest BCUT2D eigenvalue weighted by Crippen LogP contribution is -2.42. The Hall–Kier alpha value is -2.03. The van der Waals surface area contributed by atoms with E-state index in [4.69, 9.17) is 28.4 Å². The molecule has 0 aromatic heterocycles. The van der Waals surface area contributed by atoms with Gasteiger partial charge < -0.3 is 15.5 Å². The summed E-state index contributed by atoms with van der Waals surface area (Å²) in [5.74, 6) is -0.384. The number of nitrogens with zero attached hydrogens (tertiary/aromatic N) is 1. The molecule has 0 unspecified atom stereocenters. The van der Waals surface area contributed by atoms with Gasteiger partial charge in [-0.3, -0.25) is 14.8 Å². The molecule has 172 valence electrons. The molecule has 0 spiro atoms. The van der Waals surface area contributed by atoms with Gasteiger partial charge in [-0.2, -0.15) is 0 Å². The second kappa shape index (κ2) is 12.7.